The fourth-order valence-corrected chi connectivity index (χ4v) is 4.87. The smallest absolute Gasteiger partial charge is 0.333 e. The summed E-state index contributed by atoms with van der Waals surface area (Å²) in [6.07, 6.45) is 1.40. The molecule has 1 saturated heterocycles. The zero-order chi connectivity index (χ0) is 22.8. The standard InChI is InChI=1S/C21H26N6O2S2/c1-12(2)19(28)29-14-8-10-27(11-9-14)20-23-16(21(4,5)6)18(30-20)25-24-17-15(22-7)13(3)26-31-17/h14H,1,8-11H2,2-6H3. The third-order valence-electron chi connectivity index (χ3n) is 4.80. The highest BCUT2D eigenvalue weighted by Gasteiger charge is 2.29. The van der Waals surface area contributed by atoms with Gasteiger partial charge < -0.3 is 9.64 Å². The van der Waals surface area contributed by atoms with E-state index in [9.17, 15) is 4.79 Å². The van der Waals surface area contributed by atoms with E-state index in [1.54, 1.807) is 13.8 Å². The molecule has 0 spiro atoms. The van der Waals surface area contributed by atoms with Gasteiger partial charge in [-0.2, -0.15) is 0 Å². The summed E-state index contributed by atoms with van der Waals surface area (Å²) in [5.74, 6) is -0.331. The largest absolute Gasteiger partial charge is 0.459 e. The van der Waals surface area contributed by atoms with E-state index in [0.29, 0.717) is 22.0 Å². The molecule has 3 heterocycles. The zero-order valence-electron chi connectivity index (χ0n) is 18.4. The highest BCUT2D eigenvalue weighted by atomic mass is 32.1. The summed E-state index contributed by atoms with van der Waals surface area (Å²) in [6, 6.07) is 0. The molecular formula is C21H26N6O2S2. The second kappa shape index (κ2) is 9.24. The topological polar surface area (TPSA) is 84.4 Å². The number of azo groups is 1. The Morgan fingerprint density at radius 3 is 2.52 bits per heavy atom. The molecule has 2 aromatic rings. The SMILES string of the molecule is [C-]#[N+]c1c(C)nsc1N=Nc1sc(N2CCC(OC(=O)C(=C)C)CC2)nc1C(C)(C)C. The molecule has 1 aliphatic rings. The molecule has 8 nitrogen and oxygen atoms in total. The lowest BCUT2D eigenvalue weighted by atomic mass is 9.93. The van der Waals surface area contributed by atoms with Crippen LogP contribution in [0.4, 0.5) is 20.8 Å². The number of aryl methyl sites for hydroxylation is 1. The van der Waals surface area contributed by atoms with Crippen LogP contribution in [-0.2, 0) is 14.9 Å². The second-order valence-electron chi connectivity index (χ2n) is 8.51. The molecule has 31 heavy (non-hydrogen) atoms. The average molecular weight is 459 g/mol. The van der Waals surface area contributed by atoms with Crippen LogP contribution in [0.3, 0.4) is 0 Å². The van der Waals surface area contributed by atoms with Crippen LogP contribution in [0, 0.1) is 13.5 Å². The van der Waals surface area contributed by atoms with Gasteiger partial charge in [-0.3, -0.25) is 0 Å². The van der Waals surface area contributed by atoms with Crippen molar-refractivity contribution < 1.29 is 9.53 Å². The van der Waals surface area contributed by atoms with E-state index in [-0.39, 0.29) is 17.5 Å². The molecule has 10 heteroatoms. The molecule has 0 aromatic carbocycles. The van der Waals surface area contributed by atoms with Crippen LogP contribution in [0.15, 0.2) is 22.4 Å². The lowest BCUT2D eigenvalue weighted by molar-refractivity contribution is -0.145. The van der Waals surface area contributed by atoms with Crippen molar-refractivity contribution in [2.45, 2.75) is 59.0 Å². The van der Waals surface area contributed by atoms with Crippen molar-refractivity contribution in [1.29, 1.82) is 0 Å². The van der Waals surface area contributed by atoms with Crippen molar-refractivity contribution in [1.82, 2.24) is 9.36 Å². The minimum Gasteiger partial charge on any atom is -0.459 e. The van der Waals surface area contributed by atoms with E-state index in [1.807, 2.05) is 0 Å². The minimum atomic E-state index is -0.331. The maximum Gasteiger partial charge on any atom is 0.333 e. The van der Waals surface area contributed by atoms with Gasteiger partial charge in [-0.15, -0.1) is 10.2 Å². The van der Waals surface area contributed by atoms with E-state index in [1.165, 1.54) is 22.9 Å². The number of hydrogen-bond acceptors (Lipinski definition) is 9. The fourth-order valence-electron chi connectivity index (χ4n) is 3.05. The number of carbonyl (C=O) groups excluding carboxylic acids is 1. The van der Waals surface area contributed by atoms with Crippen LogP contribution in [0.5, 0.6) is 0 Å². The Labute approximate surface area is 190 Å². The predicted molar refractivity (Wildman–Crippen MR) is 124 cm³/mol. The molecule has 164 valence electrons. The van der Waals surface area contributed by atoms with Gasteiger partial charge in [0.05, 0.1) is 18.0 Å². The van der Waals surface area contributed by atoms with Gasteiger partial charge in [0.1, 0.15) is 6.10 Å². The molecule has 0 N–H and O–H groups in total. The van der Waals surface area contributed by atoms with Gasteiger partial charge in [0, 0.05) is 36.9 Å². The van der Waals surface area contributed by atoms with Gasteiger partial charge in [-0.1, -0.05) is 38.7 Å². The molecule has 1 aliphatic heterocycles. The predicted octanol–water partition coefficient (Wildman–Crippen LogP) is 6.26. The van der Waals surface area contributed by atoms with Gasteiger partial charge in [0.25, 0.3) is 0 Å². The Hall–Kier alpha value is -2.64. The highest BCUT2D eigenvalue weighted by molar-refractivity contribution is 7.19. The molecule has 0 aliphatic carbocycles. The van der Waals surface area contributed by atoms with Crippen molar-refractivity contribution >= 4 is 49.7 Å². The van der Waals surface area contributed by atoms with Crippen LogP contribution >= 0.6 is 22.9 Å². The molecular weight excluding hydrogens is 432 g/mol. The van der Waals surface area contributed by atoms with Gasteiger partial charge in [0.15, 0.2) is 15.1 Å². The van der Waals surface area contributed by atoms with Crippen LogP contribution in [0.1, 0.15) is 51.9 Å². The Bertz CT molecular complexity index is 1050. The first-order valence-corrected chi connectivity index (χ1v) is 11.6. The van der Waals surface area contributed by atoms with Crippen molar-refractivity contribution in [2.75, 3.05) is 18.0 Å². The number of anilines is 1. The number of piperidine rings is 1. The Morgan fingerprint density at radius 1 is 1.29 bits per heavy atom. The Balaban J connectivity index is 1.78. The number of hydrogen-bond donors (Lipinski definition) is 0. The van der Waals surface area contributed by atoms with Crippen molar-refractivity contribution in [3.63, 3.8) is 0 Å². The quantitative estimate of drug-likeness (QED) is 0.228. The lowest BCUT2D eigenvalue weighted by Gasteiger charge is -2.31. The number of thiazole rings is 1. The van der Waals surface area contributed by atoms with Crippen LogP contribution < -0.4 is 4.90 Å². The third kappa shape index (κ3) is 5.35. The first kappa shape index (κ1) is 23.0. The summed E-state index contributed by atoms with van der Waals surface area (Å²) in [7, 11) is 0. The van der Waals surface area contributed by atoms with E-state index < -0.39 is 0 Å². The number of ether oxygens (including phenoxy) is 1. The zero-order valence-corrected chi connectivity index (χ0v) is 20.1. The summed E-state index contributed by atoms with van der Waals surface area (Å²) in [4.78, 5) is 22.4. The molecule has 0 saturated carbocycles. The lowest BCUT2D eigenvalue weighted by Crippen LogP contribution is -2.38. The summed E-state index contributed by atoms with van der Waals surface area (Å²) in [6.45, 7) is 22.2. The summed E-state index contributed by atoms with van der Waals surface area (Å²) in [5.41, 5.74) is 2.21. The number of carbonyl (C=O) groups is 1. The number of rotatable bonds is 5. The molecule has 1 fully saturated rings. The van der Waals surface area contributed by atoms with E-state index in [2.05, 4.69) is 51.7 Å². The van der Waals surface area contributed by atoms with Crippen molar-refractivity contribution in [3.8, 4) is 0 Å². The molecule has 0 bridgehead atoms. The van der Waals surface area contributed by atoms with E-state index >= 15 is 0 Å². The third-order valence-corrected chi connectivity index (χ3v) is 6.61. The van der Waals surface area contributed by atoms with Crippen molar-refractivity contribution in [2.24, 2.45) is 10.2 Å². The minimum absolute atomic E-state index is 0.0942. The van der Waals surface area contributed by atoms with Crippen LogP contribution in [0.2, 0.25) is 0 Å². The molecule has 0 atom stereocenters. The van der Waals surface area contributed by atoms with E-state index in [4.69, 9.17) is 16.3 Å². The van der Waals surface area contributed by atoms with Crippen LogP contribution in [-0.4, -0.2) is 34.5 Å². The van der Waals surface area contributed by atoms with E-state index in [0.717, 1.165) is 41.8 Å². The maximum absolute atomic E-state index is 11.8. The molecule has 0 unspecified atom stereocenters. The molecule has 0 radical (unpaired) electrons. The summed E-state index contributed by atoms with van der Waals surface area (Å²) < 4.78 is 9.69. The monoisotopic (exact) mass is 458 g/mol. The van der Waals surface area contributed by atoms with Gasteiger partial charge in [-0.05, 0) is 25.4 Å². The first-order valence-electron chi connectivity index (χ1n) is 9.98. The molecule has 2 aromatic heterocycles. The Kier molecular flexibility index (Phi) is 6.86. The number of aromatic nitrogens is 2. The van der Waals surface area contributed by atoms with Crippen LogP contribution in [0.25, 0.3) is 4.85 Å². The maximum atomic E-state index is 11.8. The number of nitrogens with zero attached hydrogens (tertiary/aromatic N) is 6. The molecule has 3 rings (SSSR count). The van der Waals surface area contributed by atoms with Crippen molar-refractivity contribution in [3.05, 3.63) is 35.0 Å². The normalized spacial score (nSPS) is 15.3. The van der Waals surface area contributed by atoms with Gasteiger partial charge in [-0.25, -0.2) is 19.0 Å². The van der Waals surface area contributed by atoms with Gasteiger partial charge >= 0.3 is 5.97 Å². The second-order valence-corrected chi connectivity index (χ2v) is 10.2. The molecule has 0 amide bonds. The number of esters is 1. The Morgan fingerprint density at radius 2 is 1.94 bits per heavy atom. The summed E-state index contributed by atoms with van der Waals surface area (Å²) >= 11 is 2.67. The van der Waals surface area contributed by atoms with Gasteiger partial charge in [0.2, 0.25) is 5.69 Å². The highest BCUT2D eigenvalue weighted by Crippen LogP contribution is 2.43. The first-order chi connectivity index (χ1) is 14.6. The average Bonchev–Trinajstić information content (AvgIpc) is 3.30. The summed E-state index contributed by atoms with van der Waals surface area (Å²) in [5, 5.41) is 10.9. The fraction of sp³-hybridized carbons (Fsp3) is 0.524.